The molecule has 0 spiro atoms. The van der Waals surface area contributed by atoms with E-state index in [9.17, 15) is 38.5 Å². The second kappa shape index (κ2) is 27.0. The number of rotatable bonds is 28. The van der Waals surface area contributed by atoms with Gasteiger partial charge in [-0.3, -0.25) is 33.0 Å². The number of carbonyl (C=O) groups excluding carboxylic acids is 5. The summed E-state index contributed by atoms with van der Waals surface area (Å²) in [6.07, 6.45) is 8.26. The van der Waals surface area contributed by atoms with E-state index in [-0.39, 0.29) is 6.42 Å². The van der Waals surface area contributed by atoms with Gasteiger partial charge in [0.05, 0.1) is 6.61 Å². The standard InChI is InChI=1S/C35H61O16P/c1-6-7-8-9-10-11-12-13-14-15-16-17-18-19-20-21-31(41)45-22-29(40)23-46-52(42,43)51-35-34(49-28(5)39)33(48-27(4)38)32(47-26(3)37)30(50-35)24-44-25(2)36/h29-30,32-35,40H,6-24H2,1-5H3,(H,42,43)/t29-,30?,32?,33?,34?,35?/m1/s1. The van der Waals surface area contributed by atoms with Gasteiger partial charge in [0, 0.05) is 34.1 Å². The Balaban J connectivity index is 2.52. The lowest BCUT2D eigenvalue weighted by atomic mass is 9.98. The molecule has 1 aliphatic heterocycles. The number of hydrogen-bond donors (Lipinski definition) is 2. The van der Waals surface area contributed by atoms with Crippen molar-refractivity contribution in [3.8, 4) is 0 Å². The molecule has 1 fully saturated rings. The lowest BCUT2D eigenvalue weighted by Crippen LogP contribution is -2.62. The number of phosphoric ester groups is 1. The van der Waals surface area contributed by atoms with E-state index < -0.39 is 94.3 Å². The molecule has 0 radical (unpaired) electrons. The minimum atomic E-state index is -5.13. The zero-order chi connectivity index (χ0) is 38.9. The molecule has 16 nitrogen and oxygen atoms in total. The van der Waals surface area contributed by atoms with E-state index in [0.717, 1.165) is 47.0 Å². The van der Waals surface area contributed by atoms with E-state index in [2.05, 4.69) is 6.92 Å². The minimum absolute atomic E-state index is 0.163. The second-order valence-corrected chi connectivity index (χ2v) is 14.4. The van der Waals surface area contributed by atoms with E-state index >= 15 is 0 Å². The smallest absolute Gasteiger partial charge is 0.463 e. The first-order chi connectivity index (χ1) is 24.6. The van der Waals surface area contributed by atoms with Crippen LogP contribution < -0.4 is 0 Å². The van der Waals surface area contributed by atoms with Gasteiger partial charge in [0.2, 0.25) is 6.29 Å². The Morgan fingerprint density at radius 2 is 1.10 bits per heavy atom. The number of ether oxygens (including phenoxy) is 6. The van der Waals surface area contributed by atoms with E-state index in [1.54, 1.807) is 0 Å². The molecule has 2 N–H and O–H groups in total. The van der Waals surface area contributed by atoms with E-state index in [1.807, 2.05) is 0 Å². The third kappa shape index (κ3) is 22.4. The molecular weight excluding hydrogens is 707 g/mol. The second-order valence-electron chi connectivity index (χ2n) is 13.0. The summed E-state index contributed by atoms with van der Waals surface area (Å²) in [5.41, 5.74) is 0. The number of aliphatic hydroxyl groups is 1. The van der Waals surface area contributed by atoms with Crippen molar-refractivity contribution >= 4 is 37.7 Å². The van der Waals surface area contributed by atoms with Gasteiger partial charge in [-0.05, 0) is 6.42 Å². The highest BCUT2D eigenvalue weighted by atomic mass is 31.2. The van der Waals surface area contributed by atoms with Gasteiger partial charge in [-0.25, -0.2) is 4.57 Å². The van der Waals surface area contributed by atoms with Crippen molar-refractivity contribution in [2.75, 3.05) is 19.8 Å². The molecule has 0 aliphatic carbocycles. The summed E-state index contributed by atoms with van der Waals surface area (Å²) >= 11 is 0. The Hall–Kier alpha value is -2.62. The summed E-state index contributed by atoms with van der Waals surface area (Å²) < 4.78 is 54.1. The van der Waals surface area contributed by atoms with E-state index in [4.69, 9.17) is 37.5 Å². The topological polar surface area (TPSA) is 217 Å². The van der Waals surface area contributed by atoms with Crippen molar-refractivity contribution in [3.63, 3.8) is 0 Å². The quantitative estimate of drug-likeness (QED) is 0.0443. The SMILES string of the molecule is CCCCCCCCCCCCCCCCCC(=O)OC[C@@H](O)COP(=O)(O)OC1OC(COC(C)=O)C(OC(C)=O)C(OC(C)=O)C1OC(C)=O. The number of unbranched alkanes of at least 4 members (excludes halogenated alkanes) is 14. The van der Waals surface area contributed by atoms with Crippen LogP contribution in [0.15, 0.2) is 0 Å². The highest BCUT2D eigenvalue weighted by Gasteiger charge is 2.54. The average molecular weight is 769 g/mol. The number of carbonyl (C=O) groups is 5. The Morgan fingerprint density at radius 1 is 0.635 bits per heavy atom. The van der Waals surface area contributed by atoms with Crippen LogP contribution in [0.2, 0.25) is 0 Å². The Labute approximate surface area is 307 Å². The molecule has 0 aromatic rings. The molecule has 52 heavy (non-hydrogen) atoms. The van der Waals surface area contributed by atoms with Gasteiger partial charge >= 0.3 is 37.7 Å². The van der Waals surface area contributed by atoms with Crippen LogP contribution in [0.1, 0.15) is 137 Å². The lowest BCUT2D eigenvalue weighted by molar-refractivity contribution is -0.291. The van der Waals surface area contributed by atoms with Gasteiger partial charge in [-0.2, -0.15) is 0 Å². The number of aliphatic hydroxyl groups excluding tert-OH is 1. The highest BCUT2D eigenvalue weighted by molar-refractivity contribution is 7.47. The molecule has 17 heteroatoms. The van der Waals surface area contributed by atoms with E-state index in [0.29, 0.717) is 6.42 Å². The van der Waals surface area contributed by atoms with E-state index in [1.165, 1.54) is 70.6 Å². The normalized spacial score (nSPS) is 21.7. The van der Waals surface area contributed by atoms with Crippen molar-refractivity contribution in [1.82, 2.24) is 0 Å². The number of esters is 5. The molecule has 0 amide bonds. The monoisotopic (exact) mass is 768 g/mol. The predicted octanol–water partition coefficient (Wildman–Crippen LogP) is 5.37. The molecule has 0 aromatic heterocycles. The molecule has 302 valence electrons. The van der Waals surface area contributed by atoms with Crippen molar-refractivity contribution in [3.05, 3.63) is 0 Å². The van der Waals surface area contributed by atoms with Gasteiger partial charge in [0.1, 0.15) is 25.4 Å². The Bertz CT molecular complexity index is 1120. The molecule has 0 aromatic carbocycles. The fourth-order valence-corrected chi connectivity index (χ4v) is 6.42. The van der Waals surface area contributed by atoms with Crippen LogP contribution in [0.3, 0.4) is 0 Å². The Kier molecular flexibility index (Phi) is 24.6. The molecule has 1 rings (SSSR count). The number of phosphoric acid groups is 1. The van der Waals surface area contributed by atoms with Crippen molar-refractivity contribution in [2.24, 2.45) is 0 Å². The Morgan fingerprint density at radius 3 is 1.58 bits per heavy atom. The summed E-state index contributed by atoms with van der Waals surface area (Å²) in [7, 11) is -5.13. The van der Waals surface area contributed by atoms with Gasteiger partial charge in [-0.15, -0.1) is 0 Å². The maximum Gasteiger partial charge on any atom is 0.474 e. The van der Waals surface area contributed by atoms with Crippen LogP contribution in [-0.2, 0) is 66.0 Å². The molecule has 0 bridgehead atoms. The van der Waals surface area contributed by atoms with Crippen LogP contribution in [0.25, 0.3) is 0 Å². The average Bonchev–Trinajstić information content (AvgIpc) is 3.05. The van der Waals surface area contributed by atoms with Crippen LogP contribution in [0.5, 0.6) is 0 Å². The first-order valence-corrected chi connectivity index (χ1v) is 19.9. The maximum absolute atomic E-state index is 12.9. The zero-order valence-corrected chi connectivity index (χ0v) is 32.4. The zero-order valence-electron chi connectivity index (χ0n) is 31.5. The van der Waals surface area contributed by atoms with Gasteiger partial charge in [0.15, 0.2) is 18.3 Å². The fraction of sp³-hybridized carbons (Fsp3) is 0.857. The predicted molar refractivity (Wildman–Crippen MR) is 185 cm³/mol. The molecule has 1 saturated heterocycles. The van der Waals surface area contributed by atoms with Gasteiger partial charge in [-0.1, -0.05) is 96.8 Å². The summed E-state index contributed by atoms with van der Waals surface area (Å²) in [5, 5.41) is 10.2. The van der Waals surface area contributed by atoms with Gasteiger partial charge < -0.3 is 38.4 Å². The molecule has 1 aliphatic rings. The summed E-state index contributed by atoms with van der Waals surface area (Å²) in [5.74, 6) is -4.01. The molecular formula is C35H61O16P. The van der Waals surface area contributed by atoms with Crippen LogP contribution in [-0.4, -0.2) is 96.5 Å². The first-order valence-electron chi connectivity index (χ1n) is 18.4. The fourth-order valence-electron chi connectivity index (χ4n) is 5.57. The van der Waals surface area contributed by atoms with Crippen LogP contribution in [0, 0.1) is 0 Å². The van der Waals surface area contributed by atoms with Gasteiger partial charge in [0.25, 0.3) is 0 Å². The van der Waals surface area contributed by atoms with Crippen molar-refractivity contribution in [2.45, 2.75) is 174 Å². The van der Waals surface area contributed by atoms with Crippen LogP contribution in [0.4, 0.5) is 0 Å². The molecule has 6 unspecified atom stereocenters. The van der Waals surface area contributed by atoms with Crippen LogP contribution >= 0.6 is 7.82 Å². The summed E-state index contributed by atoms with van der Waals surface area (Å²) in [4.78, 5) is 69.8. The first kappa shape index (κ1) is 47.4. The summed E-state index contributed by atoms with van der Waals surface area (Å²) in [6.45, 7) is 4.44. The minimum Gasteiger partial charge on any atom is -0.463 e. The summed E-state index contributed by atoms with van der Waals surface area (Å²) in [6, 6.07) is 0. The lowest BCUT2D eigenvalue weighted by Gasteiger charge is -2.44. The molecule has 7 atom stereocenters. The van der Waals surface area contributed by atoms with Crippen molar-refractivity contribution < 1.29 is 76.0 Å². The third-order valence-electron chi connectivity index (χ3n) is 8.04. The molecule has 0 saturated carbocycles. The van der Waals surface area contributed by atoms with Crippen molar-refractivity contribution in [1.29, 1.82) is 0 Å². The largest absolute Gasteiger partial charge is 0.474 e. The molecule has 1 heterocycles. The number of hydrogen-bond acceptors (Lipinski definition) is 15. The highest BCUT2D eigenvalue weighted by Crippen LogP contribution is 2.47. The maximum atomic E-state index is 12.9. The third-order valence-corrected chi connectivity index (χ3v) is 8.99.